The van der Waals surface area contributed by atoms with E-state index in [0.29, 0.717) is 15.6 Å². The summed E-state index contributed by atoms with van der Waals surface area (Å²) in [6.07, 6.45) is 0.580. The number of rotatable bonds is 3. The molecule has 1 aromatic heterocycles. The zero-order chi connectivity index (χ0) is 12.4. The van der Waals surface area contributed by atoms with Crippen molar-refractivity contribution >= 4 is 11.8 Å². The Morgan fingerprint density at radius 2 is 2.24 bits per heavy atom. The van der Waals surface area contributed by atoms with Crippen molar-refractivity contribution in [3.63, 3.8) is 0 Å². The minimum atomic E-state index is -0.855. The van der Waals surface area contributed by atoms with Gasteiger partial charge in [0.2, 0.25) is 0 Å². The highest BCUT2D eigenvalue weighted by atomic mass is 32.2. The lowest BCUT2D eigenvalue weighted by atomic mass is 10.1. The highest BCUT2D eigenvalue weighted by Gasteiger charge is 2.15. The van der Waals surface area contributed by atoms with Gasteiger partial charge in [0.25, 0.3) is 0 Å². The Morgan fingerprint density at radius 3 is 2.82 bits per heavy atom. The van der Waals surface area contributed by atoms with Crippen LogP contribution in [-0.4, -0.2) is 19.9 Å². The third-order valence-electron chi connectivity index (χ3n) is 2.30. The Hall–Kier alpha value is -1.40. The van der Waals surface area contributed by atoms with Gasteiger partial charge in [-0.3, -0.25) is 0 Å². The largest absolute Gasteiger partial charge is 0.389 e. The van der Waals surface area contributed by atoms with Crippen molar-refractivity contribution in [2.45, 2.75) is 23.1 Å². The van der Waals surface area contributed by atoms with E-state index in [0.717, 1.165) is 0 Å². The molecule has 0 aliphatic heterocycles. The van der Waals surface area contributed by atoms with Crippen LogP contribution in [0.3, 0.4) is 0 Å². The van der Waals surface area contributed by atoms with E-state index >= 15 is 0 Å². The molecule has 2 aromatic rings. The maximum atomic E-state index is 13.6. The van der Waals surface area contributed by atoms with Crippen molar-refractivity contribution in [1.29, 1.82) is 0 Å². The Bertz CT molecular complexity index is 527. The number of hydrogen-bond donors (Lipinski definition) is 1. The molecule has 0 radical (unpaired) electrons. The third-order valence-corrected chi connectivity index (χ3v) is 3.43. The molecule has 17 heavy (non-hydrogen) atoms. The highest BCUT2D eigenvalue weighted by Crippen LogP contribution is 2.33. The molecular weight excluding hydrogens is 241 g/mol. The van der Waals surface area contributed by atoms with E-state index < -0.39 is 11.9 Å². The molecule has 0 fully saturated rings. The van der Waals surface area contributed by atoms with Gasteiger partial charge in [-0.25, -0.2) is 14.1 Å². The molecule has 0 saturated heterocycles. The summed E-state index contributed by atoms with van der Waals surface area (Å²) in [5.74, 6) is -0.410. The van der Waals surface area contributed by atoms with Crippen LogP contribution in [0.5, 0.6) is 0 Å². The first-order valence-electron chi connectivity index (χ1n) is 5.08. The van der Waals surface area contributed by atoms with Gasteiger partial charge in [-0.15, -0.1) is 0 Å². The fourth-order valence-corrected chi connectivity index (χ4v) is 2.49. The summed E-state index contributed by atoms with van der Waals surface area (Å²) in [5.41, 5.74) is 0.292. The summed E-state index contributed by atoms with van der Waals surface area (Å²) in [5, 5.41) is 14.2. The Labute approximate surface area is 102 Å². The lowest BCUT2D eigenvalue weighted by Gasteiger charge is -2.11. The normalized spacial score (nSPS) is 12.7. The summed E-state index contributed by atoms with van der Waals surface area (Å²) in [7, 11) is 1.76. The molecule has 4 nitrogen and oxygen atoms in total. The number of aromatic nitrogens is 3. The second-order valence-corrected chi connectivity index (χ2v) is 4.61. The summed E-state index contributed by atoms with van der Waals surface area (Å²) in [6, 6.07) is 4.70. The number of nitrogens with zero attached hydrogens (tertiary/aromatic N) is 3. The number of aliphatic hydroxyl groups excluding tert-OH is 1. The first-order chi connectivity index (χ1) is 8.09. The van der Waals surface area contributed by atoms with Crippen molar-refractivity contribution in [2.75, 3.05) is 0 Å². The third kappa shape index (κ3) is 2.48. The molecule has 90 valence electrons. The summed E-state index contributed by atoms with van der Waals surface area (Å²) in [6.45, 7) is 1.54. The van der Waals surface area contributed by atoms with Crippen LogP contribution in [0.25, 0.3) is 0 Å². The zero-order valence-corrected chi connectivity index (χ0v) is 10.3. The molecule has 0 unspecified atom stereocenters. The van der Waals surface area contributed by atoms with E-state index in [1.54, 1.807) is 30.8 Å². The lowest BCUT2D eigenvalue weighted by molar-refractivity contribution is 0.191. The average Bonchev–Trinajstić information content (AvgIpc) is 2.64. The first kappa shape index (κ1) is 12.1. The van der Waals surface area contributed by atoms with E-state index in [-0.39, 0.29) is 0 Å². The van der Waals surface area contributed by atoms with E-state index in [9.17, 15) is 9.50 Å². The topological polar surface area (TPSA) is 50.9 Å². The summed E-state index contributed by atoms with van der Waals surface area (Å²) >= 11 is 1.28. The maximum Gasteiger partial charge on any atom is 0.190 e. The fraction of sp³-hybridized carbons (Fsp3) is 0.273. The molecule has 0 aliphatic rings. The van der Waals surface area contributed by atoms with Gasteiger partial charge in [0.15, 0.2) is 5.16 Å². The van der Waals surface area contributed by atoms with Gasteiger partial charge in [0.05, 0.1) is 6.10 Å². The van der Waals surface area contributed by atoms with Crippen LogP contribution in [-0.2, 0) is 7.05 Å². The number of halogens is 1. The van der Waals surface area contributed by atoms with Gasteiger partial charge >= 0.3 is 0 Å². The molecule has 1 heterocycles. The molecular formula is C11H12FN3OS. The monoisotopic (exact) mass is 253 g/mol. The van der Waals surface area contributed by atoms with Crippen LogP contribution >= 0.6 is 11.8 Å². The van der Waals surface area contributed by atoms with Crippen molar-refractivity contribution < 1.29 is 9.50 Å². The van der Waals surface area contributed by atoms with Gasteiger partial charge in [-0.05, 0) is 30.8 Å². The van der Waals surface area contributed by atoms with Crippen molar-refractivity contribution in [3.8, 4) is 0 Å². The molecule has 6 heteroatoms. The van der Waals surface area contributed by atoms with E-state index in [4.69, 9.17) is 0 Å². The average molecular weight is 253 g/mol. The summed E-state index contributed by atoms with van der Waals surface area (Å²) < 4.78 is 15.2. The van der Waals surface area contributed by atoms with Crippen molar-refractivity contribution in [2.24, 2.45) is 7.05 Å². The second-order valence-electron chi connectivity index (χ2n) is 3.60. The molecule has 0 amide bonds. The van der Waals surface area contributed by atoms with Crippen LogP contribution in [0, 0.1) is 5.82 Å². The molecule has 0 bridgehead atoms. The van der Waals surface area contributed by atoms with Gasteiger partial charge in [-0.2, -0.15) is 5.10 Å². The van der Waals surface area contributed by atoms with E-state index in [2.05, 4.69) is 10.1 Å². The minimum Gasteiger partial charge on any atom is -0.389 e. The SMILES string of the molecule is C[C@@H](O)c1c(F)cccc1Sc1ncnn1C. The molecule has 1 N–H and O–H groups in total. The molecule has 1 aromatic carbocycles. The van der Waals surface area contributed by atoms with Crippen molar-refractivity contribution in [3.05, 3.63) is 35.9 Å². The number of aryl methyl sites for hydroxylation is 1. The number of hydrogen-bond acceptors (Lipinski definition) is 4. The smallest absolute Gasteiger partial charge is 0.190 e. The van der Waals surface area contributed by atoms with Crippen LogP contribution < -0.4 is 0 Å². The zero-order valence-electron chi connectivity index (χ0n) is 9.46. The van der Waals surface area contributed by atoms with Gasteiger partial charge in [0, 0.05) is 17.5 Å². The molecule has 1 atom stereocenters. The van der Waals surface area contributed by atoms with Crippen molar-refractivity contribution in [1.82, 2.24) is 14.8 Å². The summed E-state index contributed by atoms with van der Waals surface area (Å²) in [4.78, 5) is 4.70. The molecule has 0 aliphatic carbocycles. The van der Waals surface area contributed by atoms with Crippen LogP contribution in [0.4, 0.5) is 4.39 Å². The number of benzene rings is 1. The fourth-order valence-electron chi connectivity index (χ4n) is 1.49. The molecule has 0 saturated carbocycles. The van der Waals surface area contributed by atoms with E-state index in [1.165, 1.54) is 24.2 Å². The highest BCUT2D eigenvalue weighted by molar-refractivity contribution is 7.99. The van der Waals surface area contributed by atoms with Crippen LogP contribution in [0.1, 0.15) is 18.6 Å². The predicted molar refractivity (Wildman–Crippen MR) is 62.2 cm³/mol. The maximum absolute atomic E-state index is 13.6. The number of aliphatic hydroxyl groups is 1. The Kier molecular flexibility index (Phi) is 3.44. The van der Waals surface area contributed by atoms with Gasteiger partial charge in [-0.1, -0.05) is 6.07 Å². The van der Waals surface area contributed by atoms with Gasteiger partial charge < -0.3 is 5.11 Å². The van der Waals surface area contributed by atoms with Crippen LogP contribution in [0.2, 0.25) is 0 Å². The van der Waals surface area contributed by atoms with Crippen LogP contribution in [0.15, 0.2) is 34.6 Å². The Balaban J connectivity index is 2.39. The first-order valence-corrected chi connectivity index (χ1v) is 5.89. The molecule has 2 rings (SSSR count). The predicted octanol–water partition coefficient (Wildman–Crippen LogP) is 2.16. The standard InChI is InChI=1S/C11H12FN3OS/c1-7(16)10-8(12)4-3-5-9(10)17-11-13-6-14-15(11)2/h3-7,16H,1-2H3/t7-/m1/s1. The lowest BCUT2D eigenvalue weighted by Crippen LogP contribution is -2.00. The quantitative estimate of drug-likeness (QED) is 0.910. The van der Waals surface area contributed by atoms with Gasteiger partial charge in [0.1, 0.15) is 12.1 Å². The Morgan fingerprint density at radius 1 is 1.47 bits per heavy atom. The second kappa shape index (κ2) is 4.85. The minimum absolute atomic E-state index is 0.292. The van der Waals surface area contributed by atoms with E-state index in [1.807, 2.05) is 0 Å². The molecule has 0 spiro atoms.